The predicted octanol–water partition coefficient (Wildman–Crippen LogP) is 2.43. The Bertz CT molecular complexity index is 414. The Morgan fingerprint density at radius 2 is 2.29 bits per heavy atom. The minimum absolute atomic E-state index is 0.00735. The number of ether oxygens (including phenoxy) is 1. The molecular weight excluding hydrogens is 221 g/mol. The fourth-order valence-electron chi connectivity index (χ4n) is 2.16. The Kier molecular flexibility index (Phi) is 3.74. The summed E-state index contributed by atoms with van der Waals surface area (Å²) in [6, 6.07) is 4.91. The normalized spacial score (nSPS) is 20.0. The van der Waals surface area contributed by atoms with E-state index in [-0.39, 0.29) is 11.6 Å². The molecule has 0 bridgehead atoms. The van der Waals surface area contributed by atoms with E-state index in [1.807, 2.05) is 0 Å². The van der Waals surface area contributed by atoms with Crippen LogP contribution in [0.2, 0.25) is 0 Å². The average Bonchev–Trinajstić information content (AvgIpc) is 2.39. The number of hydrogen-bond acceptors (Lipinski definition) is 3. The molecule has 0 radical (unpaired) electrons. The van der Waals surface area contributed by atoms with E-state index in [9.17, 15) is 9.18 Å². The second kappa shape index (κ2) is 5.27. The molecule has 1 N–H and O–H groups in total. The van der Waals surface area contributed by atoms with Crippen LogP contribution in [0.15, 0.2) is 18.2 Å². The van der Waals surface area contributed by atoms with Crippen LogP contribution in [0.5, 0.6) is 0 Å². The quantitative estimate of drug-likeness (QED) is 0.803. The highest BCUT2D eigenvalue weighted by Gasteiger charge is 2.18. The van der Waals surface area contributed by atoms with Crippen molar-refractivity contribution < 1.29 is 13.9 Å². The highest BCUT2D eigenvalue weighted by Crippen LogP contribution is 2.24. The average molecular weight is 237 g/mol. The Labute approximate surface area is 100.0 Å². The smallest absolute Gasteiger partial charge is 0.340 e. The van der Waals surface area contributed by atoms with Gasteiger partial charge in [0.25, 0.3) is 0 Å². The maximum absolute atomic E-state index is 13.7. The van der Waals surface area contributed by atoms with Gasteiger partial charge in [0.15, 0.2) is 0 Å². The Morgan fingerprint density at radius 1 is 1.47 bits per heavy atom. The second-order valence-electron chi connectivity index (χ2n) is 4.23. The van der Waals surface area contributed by atoms with Crippen LogP contribution in [-0.4, -0.2) is 19.6 Å². The van der Waals surface area contributed by atoms with Gasteiger partial charge in [-0.3, -0.25) is 0 Å². The molecular formula is C13H16FNO2. The van der Waals surface area contributed by atoms with Gasteiger partial charge < -0.3 is 10.1 Å². The molecule has 0 aliphatic carbocycles. The van der Waals surface area contributed by atoms with E-state index < -0.39 is 11.8 Å². The van der Waals surface area contributed by atoms with Crippen molar-refractivity contribution in [3.05, 3.63) is 35.1 Å². The minimum Gasteiger partial charge on any atom is -0.465 e. The van der Waals surface area contributed by atoms with Gasteiger partial charge in [0.05, 0.1) is 12.7 Å². The number of carbonyl (C=O) groups excluding carboxylic acids is 1. The number of piperidine rings is 1. The lowest BCUT2D eigenvalue weighted by atomic mass is 9.96. The van der Waals surface area contributed by atoms with Gasteiger partial charge in [-0.15, -0.1) is 0 Å². The molecule has 2 rings (SSSR count). The first-order valence-corrected chi connectivity index (χ1v) is 5.83. The van der Waals surface area contributed by atoms with E-state index >= 15 is 0 Å². The molecule has 1 heterocycles. The van der Waals surface area contributed by atoms with E-state index in [1.165, 1.54) is 25.7 Å². The molecule has 0 saturated carbocycles. The third-order valence-corrected chi connectivity index (χ3v) is 3.11. The lowest BCUT2D eigenvalue weighted by Gasteiger charge is -2.24. The SMILES string of the molecule is COC(=O)c1ccc([C@@H]2CCCCN2)cc1F. The molecule has 92 valence electrons. The van der Waals surface area contributed by atoms with Crippen LogP contribution in [0.25, 0.3) is 0 Å². The van der Waals surface area contributed by atoms with Crippen molar-refractivity contribution in [2.45, 2.75) is 25.3 Å². The second-order valence-corrected chi connectivity index (χ2v) is 4.23. The number of esters is 1. The number of carbonyl (C=O) groups is 1. The summed E-state index contributed by atoms with van der Waals surface area (Å²) >= 11 is 0. The summed E-state index contributed by atoms with van der Waals surface area (Å²) in [5.74, 6) is -1.15. The fraction of sp³-hybridized carbons (Fsp3) is 0.462. The van der Waals surface area contributed by atoms with Gasteiger partial charge in [-0.2, -0.15) is 0 Å². The summed E-state index contributed by atoms with van der Waals surface area (Å²) in [4.78, 5) is 11.2. The lowest BCUT2D eigenvalue weighted by Crippen LogP contribution is -2.26. The summed E-state index contributed by atoms with van der Waals surface area (Å²) in [5, 5.41) is 3.34. The molecule has 0 unspecified atom stereocenters. The number of hydrogen-bond donors (Lipinski definition) is 1. The van der Waals surface area contributed by atoms with Gasteiger partial charge in [0.1, 0.15) is 5.82 Å². The van der Waals surface area contributed by atoms with Crippen molar-refractivity contribution in [3.63, 3.8) is 0 Å². The van der Waals surface area contributed by atoms with E-state index in [0.717, 1.165) is 24.9 Å². The van der Waals surface area contributed by atoms with Gasteiger partial charge in [0, 0.05) is 6.04 Å². The highest BCUT2D eigenvalue weighted by molar-refractivity contribution is 5.89. The summed E-state index contributed by atoms with van der Waals surface area (Å²) in [6.45, 7) is 0.963. The number of halogens is 1. The molecule has 1 aliphatic heterocycles. The van der Waals surface area contributed by atoms with Gasteiger partial charge in [-0.25, -0.2) is 9.18 Å². The van der Waals surface area contributed by atoms with Crippen molar-refractivity contribution >= 4 is 5.97 Å². The van der Waals surface area contributed by atoms with E-state index in [4.69, 9.17) is 0 Å². The van der Waals surface area contributed by atoms with Crippen LogP contribution in [-0.2, 0) is 4.74 Å². The van der Waals surface area contributed by atoms with Crippen LogP contribution >= 0.6 is 0 Å². The minimum atomic E-state index is -0.634. The zero-order valence-corrected chi connectivity index (χ0v) is 9.83. The molecule has 1 aromatic rings. The fourth-order valence-corrected chi connectivity index (χ4v) is 2.16. The summed E-state index contributed by atoms with van der Waals surface area (Å²) in [7, 11) is 1.25. The molecule has 0 aromatic heterocycles. The Balaban J connectivity index is 2.20. The zero-order chi connectivity index (χ0) is 12.3. The molecule has 1 aliphatic rings. The molecule has 1 aromatic carbocycles. The highest BCUT2D eigenvalue weighted by atomic mass is 19.1. The molecule has 0 spiro atoms. The van der Waals surface area contributed by atoms with Crippen molar-refractivity contribution in [1.82, 2.24) is 5.32 Å². The third kappa shape index (κ3) is 2.64. The van der Waals surface area contributed by atoms with E-state index in [2.05, 4.69) is 10.1 Å². The largest absolute Gasteiger partial charge is 0.465 e. The van der Waals surface area contributed by atoms with Gasteiger partial charge >= 0.3 is 5.97 Å². The Hall–Kier alpha value is -1.42. The molecule has 4 heteroatoms. The molecule has 17 heavy (non-hydrogen) atoms. The predicted molar refractivity (Wildman–Crippen MR) is 62.3 cm³/mol. The first-order valence-electron chi connectivity index (χ1n) is 5.83. The summed E-state index contributed by atoms with van der Waals surface area (Å²) in [5.41, 5.74) is 0.891. The van der Waals surface area contributed by atoms with Gasteiger partial charge in [-0.1, -0.05) is 12.5 Å². The van der Waals surface area contributed by atoms with Crippen LogP contribution in [0, 0.1) is 5.82 Å². The monoisotopic (exact) mass is 237 g/mol. The number of methoxy groups -OCH3 is 1. The molecule has 0 amide bonds. The van der Waals surface area contributed by atoms with Gasteiger partial charge in [0.2, 0.25) is 0 Å². The van der Waals surface area contributed by atoms with Crippen molar-refractivity contribution in [2.75, 3.05) is 13.7 Å². The number of rotatable bonds is 2. The molecule has 3 nitrogen and oxygen atoms in total. The van der Waals surface area contributed by atoms with E-state index in [0.29, 0.717) is 0 Å². The van der Waals surface area contributed by atoms with Crippen LogP contribution in [0.3, 0.4) is 0 Å². The first-order chi connectivity index (χ1) is 8.22. The van der Waals surface area contributed by atoms with E-state index in [1.54, 1.807) is 6.07 Å². The molecule has 1 atom stereocenters. The standard InChI is InChI=1S/C13H16FNO2/c1-17-13(16)10-6-5-9(8-11(10)14)12-4-2-3-7-15-12/h5-6,8,12,15H,2-4,7H2,1H3/t12-/m0/s1. The zero-order valence-electron chi connectivity index (χ0n) is 9.83. The van der Waals surface area contributed by atoms with Gasteiger partial charge in [-0.05, 0) is 37.1 Å². The third-order valence-electron chi connectivity index (χ3n) is 3.11. The number of nitrogens with one attached hydrogen (secondary N) is 1. The van der Waals surface area contributed by atoms with Crippen molar-refractivity contribution in [1.29, 1.82) is 0 Å². The number of benzene rings is 1. The maximum Gasteiger partial charge on any atom is 0.340 e. The topological polar surface area (TPSA) is 38.3 Å². The first kappa shape index (κ1) is 12.0. The maximum atomic E-state index is 13.7. The lowest BCUT2D eigenvalue weighted by molar-refractivity contribution is 0.0595. The summed E-state index contributed by atoms with van der Waals surface area (Å²) in [6.07, 6.45) is 3.33. The molecule has 1 fully saturated rings. The van der Waals surface area contributed by atoms with Crippen molar-refractivity contribution in [3.8, 4) is 0 Å². The van der Waals surface area contributed by atoms with Crippen LogP contribution in [0.1, 0.15) is 41.2 Å². The van der Waals surface area contributed by atoms with Crippen LogP contribution < -0.4 is 5.32 Å². The molecule has 1 saturated heterocycles. The summed E-state index contributed by atoms with van der Waals surface area (Å²) < 4.78 is 18.2. The van der Waals surface area contributed by atoms with Crippen molar-refractivity contribution in [2.24, 2.45) is 0 Å². The van der Waals surface area contributed by atoms with Crippen LogP contribution in [0.4, 0.5) is 4.39 Å². The Morgan fingerprint density at radius 3 is 2.88 bits per heavy atom.